The Labute approximate surface area is 68.2 Å². The molecule has 11 heavy (non-hydrogen) atoms. The van der Waals surface area contributed by atoms with Gasteiger partial charge in [-0.1, -0.05) is 0 Å². The van der Waals surface area contributed by atoms with Gasteiger partial charge in [-0.15, -0.1) is 0 Å². The Morgan fingerprint density at radius 3 is 3.09 bits per heavy atom. The average molecular weight is 158 g/mol. The lowest BCUT2D eigenvalue weighted by Gasteiger charge is -2.11. The number of nitrogens with one attached hydrogen (secondary N) is 2. The highest BCUT2D eigenvalue weighted by molar-refractivity contribution is 4.77. The highest BCUT2D eigenvalue weighted by Gasteiger charge is 2.12. The van der Waals surface area contributed by atoms with Crippen molar-refractivity contribution in [3.8, 4) is 0 Å². The fourth-order valence-corrected chi connectivity index (χ4v) is 1.33. The summed E-state index contributed by atoms with van der Waals surface area (Å²) in [6.45, 7) is 4.98. The Hall–Kier alpha value is -0.120. The van der Waals surface area contributed by atoms with Crippen LogP contribution in [0.1, 0.15) is 19.8 Å². The number of hydrogen-bond donors (Lipinski definition) is 3. The largest absolute Gasteiger partial charge is 0.393 e. The fourth-order valence-electron chi connectivity index (χ4n) is 1.33. The van der Waals surface area contributed by atoms with Crippen LogP contribution in [-0.2, 0) is 0 Å². The Balaban J connectivity index is 1.94. The Morgan fingerprint density at radius 1 is 1.73 bits per heavy atom. The van der Waals surface area contributed by atoms with E-state index in [2.05, 4.69) is 10.6 Å². The minimum absolute atomic E-state index is 0.170. The van der Waals surface area contributed by atoms with Crippen LogP contribution in [0.4, 0.5) is 0 Å². The van der Waals surface area contributed by atoms with Gasteiger partial charge in [0.1, 0.15) is 0 Å². The summed E-state index contributed by atoms with van der Waals surface area (Å²) in [5.41, 5.74) is 0. The summed E-state index contributed by atoms with van der Waals surface area (Å²) in [7, 11) is 0. The Kier molecular flexibility index (Phi) is 3.83. The highest BCUT2D eigenvalue weighted by Crippen LogP contribution is 1.97. The predicted octanol–water partition coefficient (Wildman–Crippen LogP) is -0.291. The summed E-state index contributed by atoms with van der Waals surface area (Å²) in [5, 5.41) is 15.6. The molecule has 0 saturated carbocycles. The van der Waals surface area contributed by atoms with Gasteiger partial charge in [-0.3, -0.25) is 0 Å². The molecule has 1 saturated heterocycles. The van der Waals surface area contributed by atoms with Crippen molar-refractivity contribution in [1.29, 1.82) is 0 Å². The van der Waals surface area contributed by atoms with Gasteiger partial charge in [-0.05, 0) is 32.9 Å². The zero-order valence-electron chi connectivity index (χ0n) is 7.14. The molecule has 3 nitrogen and oxygen atoms in total. The molecule has 3 N–H and O–H groups in total. The molecule has 0 aromatic rings. The Morgan fingerprint density at radius 2 is 2.55 bits per heavy atom. The van der Waals surface area contributed by atoms with Crippen molar-refractivity contribution in [3.05, 3.63) is 0 Å². The third-order valence-corrected chi connectivity index (χ3v) is 2.06. The van der Waals surface area contributed by atoms with Crippen molar-refractivity contribution in [1.82, 2.24) is 10.6 Å². The van der Waals surface area contributed by atoms with E-state index < -0.39 is 0 Å². The monoisotopic (exact) mass is 158 g/mol. The molecule has 66 valence electrons. The number of aliphatic hydroxyl groups is 1. The first-order valence-corrected chi connectivity index (χ1v) is 4.41. The summed E-state index contributed by atoms with van der Waals surface area (Å²) < 4.78 is 0. The van der Waals surface area contributed by atoms with Gasteiger partial charge in [0.2, 0.25) is 0 Å². The summed E-state index contributed by atoms with van der Waals surface area (Å²) in [6, 6.07) is 0.633. The second-order valence-corrected chi connectivity index (χ2v) is 3.28. The topological polar surface area (TPSA) is 44.3 Å². The highest BCUT2D eigenvalue weighted by atomic mass is 16.3. The molecule has 0 amide bonds. The summed E-state index contributed by atoms with van der Waals surface area (Å²) in [6.07, 6.45) is 1.91. The maximum Gasteiger partial charge on any atom is 0.0524 e. The smallest absolute Gasteiger partial charge is 0.0524 e. The third-order valence-electron chi connectivity index (χ3n) is 2.06. The molecule has 0 radical (unpaired) electrons. The molecule has 0 aliphatic carbocycles. The van der Waals surface area contributed by atoms with Crippen LogP contribution in [-0.4, -0.2) is 36.9 Å². The van der Waals surface area contributed by atoms with Crippen molar-refractivity contribution in [2.75, 3.05) is 19.6 Å². The van der Waals surface area contributed by atoms with Crippen LogP contribution in [0, 0.1) is 0 Å². The quantitative estimate of drug-likeness (QED) is 0.527. The normalized spacial score (nSPS) is 27.3. The second-order valence-electron chi connectivity index (χ2n) is 3.28. The average Bonchev–Trinajstić information content (AvgIpc) is 2.39. The fraction of sp³-hybridized carbons (Fsp3) is 1.00. The molecule has 2 atom stereocenters. The van der Waals surface area contributed by atoms with Crippen LogP contribution in [0.5, 0.6) is 0 Å². The lowest BCUT2D eigenvalue weighted by molar-refractivity contribution is 0.182. The molecule has 0 spiro atoms. The number of aliphatic hydroxyl groups excluding tert-OH is 1. The molecule has 1 aliphatic rings. The number of hydrogen-bond acceptors (Lipinski definition) is 3. The van der Waals surface area contributed by atoms with E-state index in [9.17, 15) is 0 Å². The van der Waals surface area contributed by atoms with E-state index in [0.717, 1.165) is 26.1 Å². The van der Waals surface area contributed by atoms with Crippen molar-refractivity contribution in [3.63, 3.8) is 0 Å². The molecule has 0 bridgehead atoms. The van der Waals surface area contributed by atoms with Crippen LogP contribution < -0.4 is 10.6 Å². The van der Waals surface area contributed by atoms with E-state index in [1.807, 2.05) is 6.92 Å². The van der Waals surface area contributed by atoms with Gasteiger partial charge in [-0.25, -0.2) is 0 Å². The zero-order valence-corrected chi connectivity index (χ0v) is 7.14. The van der Waals surface area contributed by atoms with Gasteiger partial charge < -0.3 is 15.7 Å². The van der Waals surface area contributed by atoms with Crippen molar-refractivity contribution in [2.45, 2.75) is 31.9 Å². The minimum Gasteiger partial charge on any atom is -0.393 e. The van der Waals surface area contributed by atoms with E-state index in [1.165, 1.54) is 6.42 Å². The SMILES string of the molecule is CC(O)CCNC1CCNC1. The molecule has 0 aromatic carbocycles. The van der Waals surface area contributed by atoms with Gasteiger partial charge in [-0.2, -0.15) is 0 Å². The minimum atomic E-state index is -0.170. The third kappa shape index (κ3) is 3.70. The van der Waals surface area contributed by atoms with Crippen molar-refractivity contribution >= 4 is 0 Å². The molecule has 1 rings (SSSR count). The summed E-state index contributed by atoms with van der Waals surface area (Å²) in [5.74, 6) is 0. The summed E-state index contributed by atoms with van der Waals surface area (Å²) >= 11 is 0. The van der Waals surface area contributed by atoms with E-state index in [4.69, 9.17) is 5.11 Å². The molecular weight excluding hydrogens is 140 g/mol. The molecule has 1 aliphatic heterocycles. The lowest BCUT2D eigenvalue weighted by Crippen LogP contribution is -2.32. The molecule has 3 heteroatoms. The summed E-state index contributed by atoms with van der Waals surface area (Å²) in [4.78, 5) is 0. The van der Waals surface area contributed by atoms with E-state index in [0.29, 0.717) is 6.04 Å². The predicted molar refractivity (Wildman–Crippen MR) is 45.6 cm³/mol. The van der Waals surface area contributed by atoms with Crippen molar-refractivity contribution in [2.24, 2.45) is 0 Å². The van der Waals surface area contributed by atoms with Gasteiger partial charge in [0, 0.05) is 12.6 Å². The Bertz CT molecular complexity index is 100. The standard InChI is InChI=1S/C8H18N2O/c1-7(11)2-5-10-8-3-4-9-6-8/h7-11H,2-6H2,1H3. The maximum atomic E-state index is 8.97. The molecule has 1 fully saturated rings. The lowest BCUT2D eigenvalue weighted by atomic mass is 10.2. The van der Waals surface area contributed by atoms with E-state index in [-0.39, 0.29) is 6.10 Å². The van der Waals surface area contributed by atoms with E-state index in [1.54, 1.807) is 0 Å². The van der Waals surface area contributed by atoms with Crippen LogP contribution in [0.25, 0.3) is 0 Å². The first-order valence-electron chi connectivity index (χ1n) is 4.41. The molecule has 1 heterocycles. The van der Waals surface area contributed by atoms with E-state index >= 15 is 0 Å². The van der Waals surface area contributed by atoms with Gasteiger partial charge in [0.25, 0.3) is 0 Å². The van der Waals surface area contributed by atoms with Crippen molar-refractivity contribution < 1.29 is 5.11 Å². The van der Waals surface area contributed by atoms with Crippen LogP contribution in [0.15, 0.2) is 0 Å². The van der Waals surface area contributed by atoms with Crippen LogP contribution in [0.2, 0.25) is 0 Å². The first kappa shape index (κ1) is 8.97. The first-order chi connectivity index (χ1) is 5.29. The molecule has 0 aromatic heterocycles. The zero-order chi connectivity index (χ0) is 8.10. The number of rotatable bonds is 4. The van der Waals surface area contributed by atoms with Gasteiger partial charge >= 0.3 is 0 Å². The molecule has 2 unspecified atom stereocenters. The maximum absolute atomic E-state index is 8.97. The van der Waals surface area contributed by atoms with Gasteiger partial charge in [0.15, 0.2) is 0 Å². The second kappa shape index (κ2) is 4.70. The molecular formula is C8H18N2O. The van der Waals surface area contributed by atoms with Crippen LogP contribution in [0.3, 0.4) is 0 Å². The van der Waals surface area contributed by atoms with Gasteiger partial charge in [0.05, 0.1) is 6.10 Å². The van der Waals surface area contributed by atoms with Crippen LogP contribution >= 0.6 is 0 Å².